The minimum absolute atomic E-state index is 0.200. The standard InChI is InChI=1S/C9H15N3O3/c1-6(8(5-10)12(14)15)11-7-3-2-4-9(7)13/h5,7,9,13H,2-4,10H2,1H3. The predicted octanol–water partition coefficient (Wildman–Crippen LogP) is 0.438. The van der Waals surface area contributed by atoms with Crippen LogP contribution in [-0.2, 0) is 0 Å². The Kier molecular flexibility index (Phi) is 3.79. The van der Waals surface area contributed by atoms with Gasteiger partial charge in [-0.25, -0.2) is 0 Å². The van der Waals surface area contributed by atoms with E-state index in [2.05, 4.69) is 4.99 Å². The van der Waals surface area contributed by atoms with Crippen molar-refractivity contribution in [3.8, 4) is 0 Å². The molecule has 0 radical (unpaired) electrons. The molecular formula is C9H15N3O3. The van der Waals surface area contributed by atoms with Gasteiger partial charge in [-0.15, -0.1) is 0 Å². The molecule has 1 fully saturated rings. The number of aliphatic imine (C=N–C) groups is 1. The zero-order valence-electron chi connectivity index (χ0n) is 8.59. The van der Waals surface area contributed by atoms with Crippen LogP contribution in [0.5, 0.6) is 0 Å². The van der Waals surface area contributed by atoms with Gasteiger partial charge in [0, 0.05) is 0 Å². The summed E-state index contributed by atoms with van der Waals surface area (Å²) in [5.41, 5.74) is 5.21. The number of hydrogen-bond acceptors (Lipinski definition) is 5. The Labute approximate surface area is 87.6 Å². The zero-order chi connectivity index (χ0) is 11.4. The summed E-state index contributed by atoms with van der Waals surface area (Å²) in [5, 5.41) is 20.0. The molecule has 3 N–H and O–H groups in total. The number of hydrogen-bond donors (Lipinski definition) is 2. The fourth-order valence-corrected chi connectivity index (χ4v) is 1.70. The molecule has 1 aliphatic rings. The molecule has 6 nitrogen and oxygen atoms in total. The minimum atomic E-state index is -0.569. The van der Waals surface area contributed by atoms with E-state index in [0.717, 1.165) is 19.0 Å². The van der Waals surface area contributed by atoms with Crippen LogP contribution in [0.4, 0.5) is 0 Å². The first kappa shape index (κ1) is 11.6. The van der Waals surface area contributed by atoms with Crippen molar-refractivity contribution in [1.82, 2.24) is 0 Å². The second kappa shape index (κ2) is 4.88. The Morgan fingerprint density at radius 2 is 2.33 bits per heavy atom. The van der Waals surface area contributed by atoms with Crippen LogP contribution >= 0.6 is 0 Å². The van der Waals surface area contributed by atoms with Gasteiger partial charge in [0.25, 0.3) is 0 Å². The van der Waals surface area contributed by atoms with Gasteiger partial charge in [-0.05, 0) is 26.2 Å². The molecule has 0 bridgehead atoms. The number of nitro groups is 1. The lowest BCUT2D eigenvalue weighted by Crippen LogP contribution is -2.20. The van der Waals surface area contributed by atoms with Gasteiger partial charge in [-0.1, -0.05) is 0 Å². The largest absolute Gasteiger partial charge is 0.399 e. The zero-order valence-corrected chi connectivity index (χ0v) is 8.59. The van der Waals surface area contributed by atoms with E-state index in [0.29, 0.717) is 6.42 Å². The number of aliphatic hydroxyl groups excluding tert-OH is 1. The van der Waals surface area contributed by atoms with Crippen LogP contribution in [0.25, 0.3) is 0 Å². The average molecular weight is 213 g/mol. The third-order valence-corrected chi connectivity index (χ3v) is 2.53. The van der Waals surface area contributed by atoms with E-state index in [-0.39, 0.29) is 17.5 Å². The van der Waals surface area contributed by atoms with Crippen LogP contribution in [-0.4, -0.2) is 27.9 Å². The second-order valence-corrected chi connectivity index (χ2v) is 3.59. The summed E-state index contributed by atoms with van der Waals surface area (Å²) in [5.74, 6) is 0. The van der Waals surface area contributed by atoms with Crippen LogP contribution in [0.3, 0.4) is 0 Å². The number of nitrogens with two attached hydrogens (primary N) is 1. The van der Waals surface area contributed by atoms with Crippen LogP contribution in [0.15, 0.2) is 16.9 Å². The Balaban J connectivity index is 2.78. The van der Waals surface area contributed by atoms with E-state index < -0.39 is 11.0 Å². The molecule has 1 aliphatic carbocycles. The van der Waals surface area contributed by atoms with Crippen molar-refractivity contribution in [3.05, 3.63) is 22.0 Å². The third kappa shape index (κ3) is 2.76. The molecule has 84 valence electrons. The molecule has 1 saturated carbocycles. The summed E-state index contributed by atoms with van der Waals surface area (Å²) in [7, 11) is 0. The third-order valence-electron chi connectivity index (χ3n) is 2.53. The number of allylic oxidation sites excluding steroid dienone is 1. The molecule has 15 heavy (non-hydrogen) atoms. The monoisotopic (exact) mass is 213 g/mol. The van der Waals surface area contributed by atoms with E-state index in [9.17, 15) is 15.2 Å². The van der Waals surface area contributed by atoms with Crippen molar-refractivity contribution in [2.45, 2.75) is 38.3 Å². The summed E-state index contributed by atoms with van der Waals surface area (Å²) >= 11 is 0. The minimum Gasteiger partial charge on any atom is -0.399 e. The molecule has 0 heterocycles. The van der Waals surface area contributed by atoms with Gasteiger partial charge in [0.15, 0.2) is 0 Å². The van der Waals surface area contributed by atoms with Crippen LogP contribution in [0.2, 0.25) is 0 Å². The molecule has 2 atom stereocenters. The van der Waals surface area contributed by atoms with Crippen molar-refractivity contribution in [2.24, 2.45) is 10.7 Å². The molecule has 0 aromatic heterocycles. The first-order valence-corrected chi connectivity index (χ1v) is 4.85. The molecule has 0 aliphatic heterocycles. The van der Waals surface area contributed by atoms with Crippen molar-refractivity contribution in [3.63, 3.8) is 0 Å². The molecule has 0 saturated heterocycles. The highest BCUT2D eigenvalue weighted by molar-refractivity contribution is 5.96. The molecule has 0 spiro atoms. The SMILES string of the molecule is CC(=NC1CCCC1O)C(=CN)[N+](=O)[O-]. The molecule has 0 amide bonds. The Hall–Kier alpha value is -1.43. The Bertz CT molecular complexity index is 312. The Morgan fingerprint density at radius 1 is 1.67 bits per heavy atom. The van der Waals surface area contributed by atoms with Gasteiger partial charge in [0.2, 0.25) is 0 Å². The first-order chi connectivity index (χ1) is 7.06. The predicted molar refractivity (Wildman–Crippen MR) is 56.0 cm³/mol. The van der Waals surface area contributed by atoms with Gasteiger partial charge in [0.1, 0.15) is 5.71 Å². The summed E-state index contributed by atoms with van der Waals surface area (Å²) in [6.45, 7) is 1.53. The molecule has 0 aromatic rings. The van der Waals surface area contributed by atoms with Gasteiger partial charge in [-0.3, -0.25) is 15.1 Å². The summed E-state index contributed by atoms with van der Waals surface area (Å²) in [6, 6.07) is -0.222. The molecular weight excluding hydrogens is 198 g/mol. The molecule has 6 heteroatoms. The highest BCUT2D eigenvalue weighted by atomic mass is 16.6. The maximum absolute atomic E-state index is 10.5. The second-order valence-electron chi connectivity index (χ2n) is 3.59. The van der Waals surface area contributed by atoms with E-state index >= 15 is 0 Å². The topological polar surface area (TPSA) is 102 Å². The first-order valence-electron chi connectivity index (χ1n) is 4.85. The van der Waals surface area contributed by atoms with Gasteiger partial charge in [0.05, 0.1) is 23.3 Å². The average Bonchev–Trinajstić information content (AvgIpc) is 2.52. The van der Waals surface area contributed by atoms with Crippen molar-refractivity contribution < 1.29 is 10.0 Å². The van der Waals surface area contributed by atoms with Gasteiger partial charge < -0.3 is 10.8 Å². The van der Waals surface area contributed by atoms with E-state index in [1.807, 2.05) is 0 Å². The van der Waals surface area contributed by atoms with Crippen LogP contribution in [0, 0.1) is 10.1 Å². The smallest absolute Gasteiger partial charge is 0.305 e. The van der Waals surface area contributed by atoms with Crippen molar-refractivity contribution in [2.75, 3.05) is 0 Å². The van der Waals surface area contributed by atoms with Crippen molar-refractivity contribution >= 4 is 5.71 Å². The van der Waals surface area contributed by atoms with Gasteiger partial charge in [-0.2, -0.15) is 0 Å². The maximum atomic E-state index is 10.5. The van der Waals surface area contributed by atoms with Crippen LogP contribution < -0.4 is 5.73 Å². The summed E-state index contributed by atoms with van der Waals surface area (Å²) < 4.78 is 0. The molecule has 0 aromatic carbocycles. The highest BCUT2D eigenvalue weighted by Gasteiger charge is 2.26. The van der Waals surface area contributed by atoms with Gasteiger partial charge >= 0.3 is 5.70 Å². The fourth-order valence-electron chi connectivity index (χ4n) is 1.70. The fraction of sp³-hybridized carbons (Fsp3) is 0.667. The highest BCUT2D eigenvalue weighted by Crippen LogP contribution is 2.22. The van der Waals surface area contributed by atoms with E-state index in [1.54, 1.807) is 0 Å². The van der Waals surface area contributed by atoms with Crippen molar-refractivity contribution in [1.29, 1.82) is 0 Å². The lowest BCUT2D eigenvalue weighted by Gasteiger charge is -2.09. The lowest BCUT2D eigenvalue weighted by molar-refractivity contribution is -0.415. The molecule has 2 unspecified atom stereocenters. The summed E-state index contributed by atoms with van der Waals surface area (Å²) in [4.78, 5) is 14.1. The normalized spacial score (nSPS) is 28.1. The van der Waals surface area contributed by atoms with E-state index in [4.69, 9.17) is 5.73 Å². The van der Waals surface area contributed by atoms with Crippen LogP contribution in [0.1, 0.15) is 26.2 Å². The number of aliphatic hydroxyl groups is 1. The molecule has 1 rings (SSSR count). The van der Waals surface area contributed by atoms with E-state index in [1.165, 1.54) is 6.92 Å². The lowest BCUT2D eigenvalue weighted by atomic mass is 10.2. The Morgan fingerprint density at radius 3 is 2.73 bits per heavy atom. The summed E-state index contributed by atoms with van der Waals surface area (Å²) in [6.07, 6.45) is 2.84. The maximum Gasteiger partial charge on any atom is 0.305 e. The number of rotatable bonds is 3. The number of nitrogens with zero attached hydrogens (tertiary/aromatic N) is 2. The quantitative estimate of drug-likeness (QED) is 0.403.